The Bertz CT molecular complexity index is 375. The molecule has 2 unspecified atom stereocenters. The molecular formula is C13H17ClO. The molecule has 1 aromatic rings. The third-order valence-electron chi connectivity index (χ3n) is 3.37. The number of aliphatic hydroxyl groups is 1. The van der Waals surface area contributed by atoms with Crippen LogP contribution in [0.5, 0.6) is 0 Å². The van der Waals surface area contributed by atoms with Crippen LogP contribution >= 0.6 is 11.6 Å². The summed E-state index contributed by atoms with van der Waals surface area (Å²) >= 11 is 6.22. The quantitative estimate of drug-likeness (QED) is 0.831. The van der Waals surface area contributed by atoms with E-state index in [0.29, 0.717) is 5.92 Å². The lowest BCUT2D eigenvalue weighted by molar-refractivity contribution is 0.129. The standard InChI is InChI=1S/C13H17ClO/c1-3-5-10-8-13(10,15)11-7-4-6-9(2)12(11)14/h4,6-7,10,15H,3,5,8H2,1-2H3. The van der Waals surface area contributed by atoms with Crippen molar-refractivity contribution >= 4 is 11.6 Å². The lowest BCUT2D eigenvalue weighted by atomic mass is 10.0. The van der Waals surface area contributed by atoms with Crippen molar-refractivity contribution < 1.29 is 5.11 Å². The van der Waals surface area contributed by atoms with Gasteiger partial charge >= 0.3 is 0 Å². The molecule has 1 saturated carbocycles. The molecule has 82 valence electrons. The second kappa shape index (κ2) is 3.80. The fourth-order valence-corrected chi connectivity index (χ4v) is 2.61. The molecule has 1 aliphatic carbocycles. The summed E-state index contributed by atoms with van der Waals surface area (Å²) in [5, 5.41) is 11.1. The van der Waals surface area contributed by atoms with Gasteiger partial charge in [0.05, 0.1) is 5.60 Å². The molecule has 2 rings (SSSR count). The lowest BCUT2D eigenvalue weighted by Crippen LogP contribution is -2.10. The summed E-state index contributed by atoms with van der Waals surface area (Å²) in [6, 6.07) is 5.90. The number of aryl methyl sites for hydroxylation is 1. The van der Waals surface area contributed by atoms with E-state index < -0.39 is 5.60 Å². The first-order chi connectivity index (χ1) is 7.09. The molecule has 0 amide bonds. The predicted octanol–water partition coefficient (Wildman–Crippen LogP) is 3.66. The van der Waals surface area contributed by atoms with Gasteiger partial charge < -0.3 is 5.11 Å². The van der Waals surface area contributed by atoms with Crippen molar-refractivity contribution in [2.75, 3.05) is 0 Å². The summed E-state index contributed by atoms with van der Waals surface area (Å²) in [5.74, 6) is 0.404. The minimum atomic E-state index is -0.640. The number of hydrogen-bond donors (Lipinski definition) is 1. The molecular weight excluding hydrogens is 208 g/mol. The third-order valence-corrected chi connectivity index (χ3v) is 3.87. The molecule has 1 aromatic carbocycles. The molecule has 1 aliphatic rings. The van der Waals surface area contributed by atoms with Gasteiger partial charge in [0.1, 0.15) is 0 Å². The van der Waals surface area contributed by atoms with Crippen LogP contribution in [0, 0.1) is 12.8 Å². The Hall–Kier alpha value is -0.530. The molecule has 0 heterocycles. The van der Waals surface area contributed by atoms with Crippen molar-refractivity contribution in [1.29, 1.82) is 0 Å². The first-order valence-corrected chi connectivity index (χ1v) is 5.95. The summed E-state index contributed by atoms with van der Waals surface area (Å²) in [5.41, 5.74) is 1.33. The van der Waals surface area contributed by atoms with Gasteiger partial charge in [0.25, 0.3) is 0 Å². The highest BCUT2D eigenvalue weighted by Gasteiger charge is 2.54. The smallest absolute Gasteiger partial charge is 0.0944 e. The van der Waals surface area contributed by atoms with Gasteiger partial charge in [0.2, 0.25) is 0 Å². The van der Waals surface area contributed by atoms with Crippen LogP contribution in [0.15, 0.2) is 18.2 Å². The highest BCUT2D eigenvalue weighted by atomic mass is 35.5. The van der Waals surface area contributed by atoms with Crippen molar-refractivity contribution in [1.82, 2.24) is 0 Å². The monoisotopic (exact) mass is 224 g/mol. The van der Waals surface area contributed by atoms with E-state index >= 15 is 0 Å². The highest BCUT2D eigenvalue weighted by molar-refractivity contribution is 6.32. The Morgan fingerprint density at radius 3 is 2.93 bits per heavy atom. The van der Waals surface area contributed by atoms with Gasteiger partial charge in [-0.25, -0.2) is 0 Å². The summed E-state index contributed by atoms with van der Waals surface area (Å²) < 4.78 is 0. The first kappa shape index (κ1) is 11.0. The second-order valence-corrected chi connectivity index (χ2v) is 4.93. The lowest BCUT2D eigenvalue weighted by Gasteiger charge is -2.14. The van der Waals surface area contributed by atoms with E-state index in [1.807, 2.05) is 25.1 Å². The SMILES string of the molecule is CCCC1CC1(O)c1cccc(C)c1Cl. The molecule has 15 heavy (non-hydrogen) atoms. The number of halogens is 1. The normalized spacial score (nSPS) is 29.2. The van der Waals surface area contributed by atoms with Crippen LogP contribution < -0.4 is 0 Å². The minimum absolute atomic E-state index is 0.404. The Labute approximate surface area is 96.1 Å². The largest absolute Gasteiger partial charge is 0.385 e. The number of hydrogen-bond acceptors (Lipinski definition) is 1. The average Bonchev–Trinajstić information content (AvgIpc) is 2.83. The maximum atomic E-state index is 10.4. The molecule has 0 saturated heterocycles. The van der Waals surface area contributed by atoms with Crippen molar-refractivity contribution in [3.63, 3.8) is 0 Å². The van der Waals surface area contributed by atoms with Crippen LogP contribution in [0.4, 0.5) is 0 Å². The molecule has 0 aliphatic heterocycles. The minimum Gasteiger partial charge on any atom is -0.385 e. The van der Waals surface area contributed by atoms with Gasteiger partial charge in [-0.3, -0.25) is 0 Å². The molecule has 2 heteroatoms. The molecule has 0 aromatic heterocycles. The van der Waals surface area contributed by atoms with Gasteiger partial charge in [-0.1, -0.05) is 43.1 Å². The zero-order valence-electron chi connectivity index (χ0n) is 9.26. The fourth-order valence-electron chi connectivity index (χ4n) is 2.32. The van der Waals surface area contributed by atoms with E-state index in [4.69, 9.17) is 11.6 Å². The third kappa shape index (κ3) is 1.79. The van der Waals surface area contributed by atoms with Crippen LogP contribution in [0.1, 0.15) is 37.3 Å². The Balaban J connectivity index is 2.28. The predicted molar refractivity (Wildman–Crippen MR) is 63.1 cm³/mol. The summed E-state index contributed by atoms with van der Waals surface area (Å²) in [4.78, 5) is 0. The van der Waals surface area contributed by atoms with Crippen molar-refractivity contribution in [3.8, 4) is 0 Å². The van der Waals surface area contributed by atoms with Crippen LogP contribution in [-0.4, -0.2) is 5.11 Å². The summed E-state index contributed by atoms with van der Waals surface area (Å²) in [6.45, 7) is 4.13. The maximum absolute atomic E-state index is 10.4. The molecule has 0 bridgehead atoms. The van der Waals surface area contributed by atoms with Crippen LogP contribution in [0.3, 0.4) is 0 Å². The van der Waals surface area contributed by atoms with Crippen molar-refractivity contribution in [2.45, 2.75) is 38.7 Å². The number of benzene rings is 1. The van der Waals surface area contributed by atoms with Gasteiger partial charge in [-0.05, 0) is 31.2 Å². The van der Waals surface area contributed by atoms with E-state index in [1.54, 1.807) is 0 Å². The zero-order valence-corrected chi connectivity index (χ0v) is 10.0. The topological polar surface area (TPSA) is 20.2 Å². The Morgan fingerprint density at radius 1 is 1.53 bits per heavy atom. The van der Waals surface area contributed by atoms with E-state index in [-0.39, 0.29) is 0 Å². The molecule has 1 N–H and O–H groups in total. The van der Waals surface area contributed by atoms with E-state index in [9.17, 15) is 5.11 Å². The van der Waals surface area contributed by atoms with E-state index in [1.165, 1.54) is 0 Å². The molecule has 1 fully saturated rings. The Morgan fingerprint density at radius 2 is 2.27 bits per heavy atom. The summed E-state index contributed by atoms with van der Waals surface area (Å²) in [7, 11) is 0. The van der Waals surface area contributed by atoms with Gasteiger partial charge in [0, 0.05) is 10.6 Å². The van der Waals surface area contributed by atoms with Crippen LogP contribution in [0.2, 0.25) is 5.02 Å². The van der Waals surface area contributed by atoms with Gasteiger partial charge in [-0.15, -0.1) is 0 Å². The van der Waals surface area contributed by atoms with Crippen LogP contribution in [0.25, 0.3) is 0 Å². The molecule has 0 spiro atoms. The zero-order chi connectivity index (χ0) is 11.1. The van der Waals surface area contributed by atoms with Crippen molar-refractivity contribution in [3.05, 3.63) is 34.3 Å². The average molecular weight is 225 g/mol. The van der Waals surface area contributed by atoms with Gasteiger partial charge in [-0.2, -0.15) is 0 Å². The van der Waals surface area contributed by atoms with Gasteiger partial charge in [0.15, 0.2) is 0 Å². The maximum Gasteiger partial charge on any atom is 0.0944 e. The fraction of sp³-hybridized carbons (Fsp3) is 0.538. The number of rotatable bonds is 3. The first-order valence-electron chi connectivity index (χ1n) is 5.57. The second-order valence-electron chi connectivity index (χ2n) is 4.55. The molecule has 0 radical (unpaired) electrons. The molecule has 1 nitrogen and oxygen atoms in total. The van der Waals surface area contributed by atoms with Crippen molar-refractivity contribution in [2.24, 2.45) is 5.92 Å². The summed E-state index contributed by atoms with van der Waals surface area (Å²) in [6.07, 6.45) is 3.07. The van der Waals surface area contributed by atoms with Crippen LogP contribution in [-0.2, 0) is 5.60 Å². The Kier molecular flexibility index (Phi) is 2.78. The molecule has 2 atom stereocenters. The highest BCUT2D eigenvalue weighted by Crippen LogP contribution is 2.56. The van der Waals surface area contributed by atoms with E-state index in [0.717, 1.165) is 35.4 Å². The van der Waals surface area contributed by atoms with E-state index in [2.05, 4.69) is 6.92 Å².